The minimum Gasteiger partial charge on any atom is -0.261 e. The second-order valence-electron chi connectivity index (χ2n) is 4.17. The fourth-order valence-corrected chi connectivity index (χ4v) is 0.806. The molecule has 0 saturated carbocycles. The van der Waals surface area contributed by atoms with E-state index in [1.165, 1.54) is 6.42 Å². The summed E-state index contributed by atoms with van der Waals surface area (Å²) in [5, 5.41) is 0. The lowest BCUT2D eigenvalue weighted by molar-refractivity contribution is 0.569. The lowest BCUT2D eigenvalue weighted by Gasteiger charge is -2.16. The molecule has 0 aliphatic heterocycles. The van der Waals surface area contributed by atoms with Crippen LogP contribution < -0.4 is 0 Å². The van der Waals surface area contributed by atoms with Crippen LogP contribution in [0, 0.1) is 0 Å². The Morgan fingerprint density at radius 1 is 0.941 bits per heavy atom. The van der Waals surface area contributed by atoms with Crippen molar-refractivity contribution in [3.63, 3.8) is 0 Å². The van der Waals surface area contributed by atoms with Crippen LogP contribution in [0.4, 0.5) is 0 Å². The van der Waals surface area contributed by atoms with Crippen LogP contribution in [-0.2, 0) is 5.41 Å². The molecule has 0 amide bonds. The highest BCUT2D eigenvalue weighted by molar-refractivity contribution is 5.12. The predicted molar refractivity (Wildman–Crippen MR) is 81.6 cm³/mol. The van der Waals surface area contributed by atoms with Gasteiger partial charge in [0.25, 0.3) is 0 Å². The molecule has 102 valence electrons. The van der Waals surface area contributed by atoms with Gasteiger partial charge in [0.15, 0.2) is 0 Å². The molecule has 0 aromatic carbocycles. The summed E-state index contributed by atoms with van der Waals surface area (Å²) in [6.45, 7) is 18.7. The normalized spacial score (nSPS) is 8.53. The first-order valence-corrected chi connectivity index (χ1v) is 6.93. The average molecular weight is 239 g/mol. The average Bonchev–Trinajstić information content (AvgIpc) is 2.35. The zero-order valence-corrected chi connectivity index (χ0v) is 13.5. The van der Waals surface area contributed by atoms with Gasteiger partial charge in [0.05, 0.1) is 0 Å². The van der Waals surface area contributed by atoms with Crippen LogP contribution >= 0.6 is 0 Å². The van der Waals surface area contributed by atoms with Crippen LogP contribution in [0.3, 0.4) is 0 Å². The number of aromatic nitrogens is 1. The number of rotatable bonds is 0. The Kier molecular flexibility index (Phi) is 19.1. The summed E-state index contributed by atoms with van der Waals surface area (Å²) >= 11 is 0. The van der Waals surface area contributed by atoms with E-state index in [4.69, 9.17) is 0 Å². The molecule has 0 unspecified atom stereocenters. The highest BCUT2D eigenvalue weighted by Gasteiger charge is 2.13. The zero-order valence-electron chi connectivity index (χ0n) is 13.5. The lowest BCUT2D eigenvalue weighted by atomic mass is 9.92. The molecule has 0 radical (unpaired) electrons. The fraction of sp³-hybridized carbons (Fsp3) is 0.688. The van der Waals surface area contributed by atoms with Gasteiger partial charge in [-0.1, -0.05) is 74.8 Å². The van der Waals surface area contributed by atoms with E-state index >= 15 is 0 Å². The van der Waals surface area contributed by atoms with Crippen molar-refractivity contribution in [2.24, 2.45) is 0 Å². The van der Waals surface area contributed by atoms with Crippen molar-refractivity contribution in [1.82, 2.24) is 4.98 Å². The third kappa shape index (κ3) is 15.1. The van der Waals surface area contributed by atoms with Gasteiger partial charge < -0.3 is 0 Å². The molecular formula is C16H33N. The largest absolute Gasteiger partial charge is 0.261 e. The first-order valence-electron chi connectivity index (χ1n) is 6.93. The highest BCUT2D eigenvalue weighted by atomic mass is 14.7. The maximum absolute atomic E-state index is 4.25. The minimum absolute atomic E-state index is 0.182. The Balaban J connectivity index is -0.000000239. The summed E-state index contributed by atoms with van der Waals surface area (Å²) in [7, 11) is 0. The molecule has 0 bridgehead atoms. The number of hydrogen-bond acceptors (Lipinski definition) is 1. The van der Waals surface area contributed by atoms with E-state index in [-0.39, 0.29) is 5.41 Å². The Morgan fingerprint density at radius 2 is 1.35 bits per heavy atom. The highest BCUT2D eigenvalue weighted by Crippen LogP contribution is 2.18. The maximum atomic E-state index is 4.25. The van der Waals surface area contributed by atoms with Gasteiger partial charge in [0.2, 0.25) is 0 Å². The predicted octanol–water partition coefficient (Wildman–Crippen LogP) is 5.85. The smallest absolute Gasteiger partial charge is 0.0457 e. The Hall–Kier alpha value is -0.850. The van der Waals surface area contributed by atoms with Crippen LogP contribution in [0.15, 0.2) is 24.4 Å². The van der Waals surface area contributed by atoms with Gasteiger partial charge in [-0.2, -0.15) is 0 Å². The van der Waals surface area contributed by atoms with Gasteiger partial charge in [-0.15, -0.1) is 0 Å². The quantitative estimate of drug-likeness (QED) is 0.553. The van der Waals surface area contributed by atoms with Crippen LogP contribution in [0.5, 0.6) is 0 Å². The van der Waals surface area contributed by atoms with Crippen molar-refractivity contribution in [3.8, 4) is 0 Å². The number of pyridine rings is 1. The van der Waals surface area contributed by atoms with E-state index in [1.807, 2.05) is 46.0 Å². The van der Waals surface area contributed by atoms with Crippen molar-refractivity contribution in [2.45, 2.75) is 74.1 Å². The first kappa shape index (κ1) is 21.4. The monoisotopic (exact) mass is 239 g/mol. The molecule has 1 aromatic rings. The van der Waals surface area contributed by atoms with Gasteiger partial charge in [-0.25, -0.2) is 0 Å². The van der Waals surface area contributed by atoms with Gasteiger partial charge in [0, 0.05) is 17.3 Å². The summed E-state index contributed by atoms with van der Waals surface area (Å²) in [4.78, 5) is 4.25. The molecule has 0 fully saturated rings. The van der Waals surface area contributed by atoms with Crippen molar-refractivity contribution in [2.75, 3.05) is 0 Å². The van der Waals surface area contributed by atoms with Crippen molar-refractivity contribution in [3.05, 3.63) is 30.1 Å². The molecule has 0 saturated heterocycles. The van der Waals surface area contributed by atoms with Crippen LogP contribution in [0.1, 0.15) is 74.4 Å². The van der Waals surface area contributed by atoms with Crippen LogP contribution in [0.2, 0.25) is 0 Å². The summed E-state index contributed by atoms with van der Waals surface area (Å²) in [5.41, 5.74) is 1.33. The lowest BCUT2D eigenvalue weighted by Crippen LogP contribution is -2.12. The maximum Gasteiger partial charge on any atom is 0.0457 e. The van der Waals surface area contributed by atoms with E-state index in [0.29, 0.717) is 0 Å². The molecule has 1 rings (SSSR count). The number of nitrogens with zero attached hydrogens (tertiary/aromatic N) is 1. The minimum atomic E-state index is 0.182. The molecule has 17 heavy (non-hydrogen) atoms. The molecule has 0 aliphatic carbocycles. The van der Waals surface area contributed by atoms with Gasteiger partial charge in [-0.3, -0.25) is 4.98 Å². The molecule has 1 aromatic heterocycles. The van der Waals surface area contributed by atoms with E-state index < -0.39 is 0 Å². The zero-order chi connectivity index (χ0) is 14.3. The van der Waals surface area contributed by atoms with E-state index in [2.05, 4.69) is 45.7 Å². The third-order valence-electron chi connectivity index (χ3n) is 1.43. The molecule has 1 heterocycles. The third-order valence-corrected chi connectivity index (χ3v) is 1.43. The van der Waals surface area contributed by atoms with Crippen molar-refractivity contribution in [1.29, 1.82) is 0 Å². The first-order chi connectivity index (χ1) is 8.02. The van der Waals surface area contributed by atoms with Gasteiger partial charge >= 0.3 is 0 Å². The van der Waals surface area contributed by atoms with Crippen LogP contribution in [-0.4, -0.2) is 4.98 Å². The molecule has 0 N–H and O–H groups in total. The molecule has 1 nitrogen and oxygen atoms in total. The summed E-state index contributed by atoms with van der Waals surface area (Å²) in [5.74, 6) is 0. The van der Waals surface area contributed by atoms with E-state index in [1.54, 1.807) is 0 Å². The SMILES string of the molecule is CC.CC.CC(C)(C)c1ccccn1.CCC. The van der Waals surface area contributed by atoms with Crippen molar-refractivity contribution < 1.29 is 0 Å². The standard InChI is InChI=1S/C9H13N.C3H8.2C2H6/c1-9(2,3)8-6-4-5-7-10-8;1-3-2;2*1-2/h4-7H,1-3H3;3H2,1-2H3;2*1-2H3. The molecule has 0 atom stereocenters. The summed E-state index contributed by atoms with van der Waals surface area (Å²) < 4.78 is 0. The second-order valence-corrected chi connectivity index (χ2v) is 4.17. The Bertz CT molecular complexity index is 209. The Labute approximate surface area is 110 Å². The fourth-order valence-electron chi connectivity index (χ4n) is 0.806. The Morgan fingerprint density at radius 3 is 1.53 bits per heavy atom. The molecular weight excluding hydrogens is 206 g/mol. The molecule has 0 aliphatic rings. The number of hydrogen-bond donors (Lipinski definition) is 0. The summed E-state index contributed by atoms with van der Waals surface area (Å²) in [6.07, 6.45) is 3.08. The van der Waals surface area contributed by atoms with Crippen LogP contribution in [0.25, 0.3) is 0 Å². The van der Waals surface area contributed by atoms with Crippen molar-refractivity contribution >= 4 is 0 Å². The van der Waals surface area contributed by atoms with Gasteiger partial charge in [-0.05, 0) is 12.1 Å². The topological polar surface area (TPSA) is 12.9 Å². The molecule has 1 heteroatoms. The summed E-state index contributed by atoms with van der Waals surface area (Å²) in [6, 6.07) is 6.02. The van der Waals surface area contributed by atoms with E-state index in [0.717, 1.165) is 5.69 Å². The van der Waals surface area contributed by atoms with Gasteiger partial charge in [0.1, 0.15) is 0 Å². The molecule has 0 spiro atoms. The van der Waals surface area contributed by atoms with E-state index in [9.17, 15) is 0 Å². The second kappa shape index (κ2) is 15.1.